The maximum atomic E-state index is 13.0. The molecule has 36 heavy (non-hydrogen) atoms. The molecule has 0 saturated heterocycles. The highest BCUT2D eigenvalue weighted by molar-refractivity contribution is 7.09. The van der Waals surface area contributed by atoms with E-state index < -0.39 is 0 Å². The molecule has 3 heterocycles. The lowest BCUT2D eigenvalue weighted by Gasteiger charge is -2.11. The van der Waals surface area contributed by atoms with E-state index in [4.69, 9.17) is 9.15 Å². The number of anilines is 1. The van der Waals surface area contributed by atoms with E-state index >= 15 is 0 Å². The predicted octanol–water partition coefficient (Wildman–Crippen LogP) is 5.00. The van der Waals surface area contributed by atoms with E-state index in [2.05, 4.69) is 43.5 Å². The lowest BCUT2D eigenvalue weighted by molar-refractivity contribution is 0.102. The van der Waals surface area contributed by atoms with E-state index in [0.29, 0.717) is 29.0 Å². The molecule has 2 aromatic carbocycles. The lowest BCUT2D eigenvalue weighted by Crippen LogP contribution is -2.13. The second kappa shape index (κ2) is 10.5. The number of tetrazole rings is 1. The maximum Gasteiger partial charge on any atom is 0.255 e. The van der Waals surface area contributed by atoms with Crippen LogP contribution in [0.15, 0.2) is 69.2 Å². The predicted molar refractivity (Wildman–Crippen MR) is 138 cm³/mol. The van der Waals surface area contributed by atoms with Gasteiger partial charge in [0.25, 0.3) is 5.91 Å². The van der Waals surface area contributed by atoms with Crippen molar-refractivity contribution in [1.82, 2.24) is 20.6 Å². The number of carbonyl (C=O) groups is 1. The Morgan fingerprint density at radius 3 is 2.75 bits per heavy atom. The van der Waals surface area contributed by atoms with E-state index in [1.54, 1.807) is 47.7 Å². The number of ether oxygens (including phenoxy) is 1. The number of thiophene rings is 1. The quantitative estimate of drug-likeness (QED) is 0.273. The van der Waals surface area contributed by atoms with Crippen molar-refractivity contribution in [1.29, 1.82) is 0 Å². The summed E-state index contributed by atoms with van der Waals surface area (Å²) in [5.74, 6) is 0.765. The summed E-state index contributed by atoms with van der Waals surface area (Å²) in [5.41, 5.74) is 1.62. The van der Waals surface area contributed by atoms with Crippen molar-refractivity contribution < 1.29 is 13.9 Å². The molecule has 5 rings (SSSR count). The topological polar surface area (TPSA) is 123 Å². The molecule has 2 N–H and O–H groups in total. The Morgan fingerprint density at radius 1 is 1.14 bits per heavy atom. The number of carbonyl (C=O) groups excluding carboxylic acids is 1. The first-order valence-corrected chi connectivity index (χ1v) is 12.3. The minimum atomic E-state index is -0.334. The van der Waals surface area contributed by atoms with Gasteiger partial charge < -0.3 is 14.5 Å². The monoisotopic (exact) mass is 501 g/mol. The maximum absolute atomic E-state index is 13.0. The number of amides is 1. The standard InChI is InChI=1S/C26H23N5O4S/c1-16-13-20-22(32)15-23(25-28-30-31-29-25)35-24(20)21(14-16)27-26(33)17-7-9-18(10-8-17)34-11-3-2-5-19-6-4-12-36-19/h4,6-10,12-15H,2-3,5,11H2,1H3,(H,27,33)(H,28,29,30,31). The van der Waals surface area contributed by atoms with Crippen LogP contribution < -0.4 is 15.5 Å². The Kier molecular flexibility index (Phi) is 6.85. The number of aryl methyl sites for hydroxylation is 2. The van der Waals surface area contributed by atoms with Crippen molar-refractivity contribution in [3.05, 3.63) is 86.2 Å². The highest BCUT2D eigenvalue weighted by Gasteiger charge is 2.16. The van der Waals surface area contributed by atoms with Gasteiger partial charge in [-0.25, -0.2) is 5.10 Å². The molecule has 0 spiro atoms. The number of unbranched alkanes of at least 4 members (excludes halogenated alkanes) is 1. The minimum Gasteiger partial charge on any atom is -0.494 e. The number of nitrogens with one attached hydrogen (secondary N) is 2. The zero-order valence-electron chi connectivity index (χ0n) is 19.5. The Balaban J connectivity index is 1.26. The molecule has 0 atom stereocenters. The summed E-state index contributed by atoms with van der Waals surface area (Å²) in [7, 11) is 0. The highest BCUT2D eigenvalue weighted by atomic mass is 32.1. The molecule has 9 nitrogen and oxygen atoms in total. The third-order valence-electron chi connectivity index (χ3n) is 5.58. The second-order valence-electron chi connectivity index (χ2n) is 8.28. The van der Waals surface area contributed by atoms with Crippen LogP contribution in [0.1, 0.15) is 33.6 Å². The van der Waals surface area contributed by atoms with Gasteiger partial charge >= 0.3 is 0 Å². The molecule has 0 radical (unpaired) electrons. The first kappa shape index (κ1) is 23.4. The number of hydrogen-bond donors (Lipinski definition) is 2. The molecule has 1 amide bonds. The molecular formula is C26H23N5O4S. The fourth-order valence-electron chi connectivity index (χ4n) is 3.82. The van der Waals surface area contributed by atoms with Crippen molar-refractivity contribution in [2.24, 2.45) is 0 Å². The molecular weight excluding hydrogens is 478 g/mol. The summed E-state index contributed by atoms with van der Waals surface area (Å²) in [4.78, 5) is 27.1. The molecule has 10 heteroatoms. The van der Waals surface area contributed by atoms with E-state index in [9.17, 15) is 9.59 Å². The number of fused-ring (bicyclic) bond motifs is 1. The smallest absolute Gasteiger partial charge is 0.255 e. The Hall–Kier alpha value is -4.31. The Morgan fingerprint density at radius 2 is 2.00 bits per heavy atom. The van der Waals surface area contributed by atoms with Crippen molar-refractivity contribution in [2.45, 2.75) is 26.2 Å². The van der Waals surface area contributed by atoms with Crippen LogP contribution in [0.4, 0.5) is 5.69 Å². The SMILES string of the molecule is Cc1cc(NC(=O)c2ccc(OCCCCc3cccs3)cc2)c2oc(-c3nnn[nH]3)cc(=O)c2c1. The van der Waals surface area contributed by atoms with Gasteiger partial charge in [0.05, 0.1) is 17.7 Å². The average Bonchev–Trinajstić information content (AvgIpc) is 3.59. The van der Waals surface area contributed by atoms with Crippen LogP contribution in [-0.2, 0) is 6.42 Å². The molecule has 5 aromatic rings. The van der Waals surface area contributed by atoms with Gasteiger partial charge in [-0.1, -0.05) is 6.07 Å². The van der Waals surface area contributed by atoms with Crippen LogP contribution in [0.5, 0.6) is 5.75 Å². The van der Waals surface area contributed by atoms with Crippen LogP contribution in [0.3, 0.4) is 0 Å². The molecule has 0 bridgehead atoms. The third-order valence-corrected chi connectivity index (χ3v) is 6.52. The number of hydrogen-bond acceptors (Lipinski definition) is 8. The third kappa shape index (κ3) is 5.33. The van der Waals surface area contributed by atoms with E-state index in [0.717, 1.165) is 24.8 Å². The molecule has 0 aliphatic carbocycles. The average molecular weight is 502 g/mol. The molecule has 3 aromatic heterocycles. The lowest BCUT2D eigenvalue weighted by atomic mass is 10.1. The molecule has 182 valence electrons. The van der Waals surface area contributed by atoms with Crippen LogP contribution >= 0.6 is 11.3 Å². The number of aromatic amines is 1. The minimum absolute atomic E-state index is 0.175. The van der Waals surface area contributed by atoms with E-state index in [1.165, 1.54) is 10.9 Å². The van der Waals surface area contributed by atoms with E-state index in [-0.39, 0.29) is 28.5 Å². The van der Waals surface area contributed by atoms with Gasteiger partial charge in [0.15, 0.2) is 16.8 Å². The van der Waals surface area contributed by atoms with Crippen LogP contribution in [0.2, 0.25) is 0 Å². The number of H-pyrrole nitrogens is 1. The van der Waals surface area contributed by atoms with Gasteiger partial charge in [0.1, 0.15) is 5.75 Å². The Bertz CT molecular complexity index is 1530. The largest absolute Gasteiger partial charge is 0.494 e. The second-order valence-corrected chi connectivity index (χ2v) is 9.31. The normalized spacial score (nSPS) is 11.0. The van der Waals surface area contributed by atoms with Gasteiger partial charge in [0, 0.05) is 16.5 Å². The summed E-state index contributed by atoms with van der Waals surface area (Å²) in [6.07, 6.45) is 3.08. The molecule has 0 aliphatic rings. The van der Waals surface area contributed by atoms with E-state index in [1.807, 2.05) is 6.92 Å². The van der Waals surface area contributed by atoms with Gasteiger partial charge in [-0.2, -0.15) is 0 Å². The molecule has 0 saturated carbocycles. The van der Waals surface area contributed by atoms with Crippen LogP contribution in [0.25, 0.3) is 22.6 Å². The van der Waals surface area contributed by atoms with Gasteiger partial charge in [-0.15, -0.1) is 16.4 Å². The van der Waals surface area contributed by atoms with Crippen molar-refractivity contribution in [2.75, 3.05) is 11.9 Å². The summed E-state index contributed by atoms with van der Waals surface area (Å²) < 4.78 is 11.7. The first-order chi connectivity index (χ1) is 17.6. The number of aromatic nitrogens is 4. The zero-order chi connectivity index (χ0) is 24.9. The fraction of sp³-hybridized carbons (Fsp3) is 0.192. The zero-order valence-corrected chi connectivity index (χ0v) is 20.3. The van der Waals surface area contributed by atoms with Crippen LogP contribution in [-0.4, -0.2) is 33.1 Å². The molecule has 0 aliphatic heterocycles. The van der Waals surface area contributed by atoms with Gasteiger partial charge in [0.2, 0.25) is 5.82 Å². The van der Waals surface area contributed by atoms with Crippen LogP contribution in [0, 0.1) is 6.92 Å². The summed E-state index contributed by atoms with van der Waals surface area (Å²) in [6, 6.07) is 16.0. The summed E-state index contributed by atoms with van der Waals surface area (Å²) in [5, 5.41) is 18.7. The summed E-state index contributed by atoms with van der Waals surface area (Å²) >= 11 is 1.77. The summed E-state index contributed by atoms with van der Waals surface area (Å²) in [6.45, 7) is 2.46. The van der Waals surface area contributed by atoms with Crippen molar-refractivity contribution >= 4 is 33.9 Å². The van der Waals surface area contributed by atoms with Gasteiger partial charge in [-0.3, -0.25) is 9.59 Å². The number of nitrogens with zero attached hydrogens (tertiary/aromatic N) is 3. The number of rotatable bonds is 9. The molecule has 0 unspecified atom stereocenters. The van der Waals surface area contributed by atoms with Crippen molar-refractivity contribution in [3.63, 3.8) is 0 Å². The first-order valence-electron chi connectivity index (χ1n) is 11.5. The van der Waals surface area contributed by atoms with Crippen molar-refractivity contribution in [3.8, 4) is 17.3 Å². The fourth-order valence-corrected chi connectivity index (χ4v) is 4.57. The molecule has 0 fully saturated rings. The number of benzene rings is 2. The highest BCUT2D eigenvalue weighted by Crippen LogP contribution is 2.27. The van der Waals surface area contributed by atoms with Gasteiger partial charge in [-0.05, 0) is 90.0 Å². The Labute approximate surface area is 210 Å².